The Bertz CT molecular complexity index is 736. The van der Waals surface area contributed by atoms with Gasteiger partial charge in [0, 0.05) is 11.1 Å². The minimum absolute atomic E-state index is 0.101. The van der Waals surface area contributed by atoms with Crippen LogP contribution < -0.4 is 15.4 Å². The Hall–Kier alpha value is -2.76. The van der Waals surface area contributed by atoms with Gasteiger partial charge in [0.2, 0.25) is 5.91 Å². The van der Waals surface area contributed by atoms with Crippen LogP contribution in [0.25, 0.3) is 0 Å². The maximum absolute atomic E-state index is 12.1. The van der Waals surface area contributed by atoms with Crippen LogP contribution in [0.3, 0.4) is 0 Å². The van der Waals surface area contributed by atoms with E-state index in [2.05, 4.69) is 10.6 Å². The third kappa shape index (κ3) is 4.38. The highest BCUT2D eigenvalue weighted by molar-refractivity contribution is 5.96. The maximum Gasteiger partial charge on any atom is 0.251 e. The molecule has 0 aliphatic carbocycles. The Morgan fingerprint density at radius 1 is 1.25 bits per heavy atom. The lowest BCUT2D eigenvalue weighted by atomic mass is 10.1. The summed E-state index contributed by atoms with van der Waals surface area (Å²) >= 11 is 0. The summed E-state index contributed by atoms with van der Waals surface area (Å²) in [5.41, 5.74) is 1.37. The van der Waals surface area contributed by atoms with Gasteiger partial charge in [0.05, 0.1) is 19.7 Å². The van der Waals surface area contributed by atoms with Gasteiger partial charge >= 0.3 is 0 Å². The Kier molecular flexibility index (Phi) is 5.63. The number of hydrogen-bond acceptors (Lipinski definition) is 4. The number of ether oxygens (including phenoxy) is 1. The monoisotopic (exact) mass is 330 g/mol. The lowest BCUT2D eigenvalue weighted by Crippen LogP contribution is -2.38. The standard InChI is InChI=1S/C18H22N2O4/c1-11-8-16(13(3)24-11)12(2)20-17(21)10-19-18(22)14-6-5-7-15(9-14)23-4/h5-9,12H,10H2,1-4H3,(H,19,22)(H,20,21). The van der Waals surface area contributed by atoms with Crippen molar-refractivity contribution in [2.24, 2.45) is 0 Å². The second-order valence-electron chi connectivity index (χ2n) is 5.57. The summed E-state index contributed by atoms with van der Waals surface area (Å²) in [4.78, 5) is 24.1. The Morgan fingerprint density at radius 2 is 2.00 bits per heavy atom. The van der Waals surface area contributed by atoms with Crippen LogP contribution in [-0.4, -0.2) is 25.5 Å². The first-order valence-corrected chi connectivity index (χ1v) is 7.69. The van der Waals surface area contributed by atoms with Crippen LogP contribution in [0.15, 0.2) is 34.7 Å². The van der Waals surface area contributed by atoms with Crippen LogP contribution in [-0.2, 0) is 4.79 Å². The van der Waals surface area contributed by atoms with Crippen molar-refractivity contribution in [3.8, 4) is 5.75 Å². The van der Waals surface area contributed by atoms with E-state index < -0.39 is 0 Å². The predicted molar refractivity (Wildman–Crippen MR) is 90.1 cm³/mol. The fourth-order valence-corrected chi connectivity index (χ4v) is 2.48. The maximum atomic E-state index is 12.1. The van der Waals surface area contributed by atoms with E-state index in [-0.39, 0.29) is 24.4 Å². The Labute approximate surface area is 141 Å². The summed E-state index contributed by atoms with van der Waals surface area (Å²) in [5, 5.41) is 5.44. The predicted octanol–water partition coefficient (Wildman–Crippen LogP) is 2.51. The highest BCUT2D eigenvalue weighted by Gasteiger charge is 2.16. The average molecular weight is 330 g/mol. The molecule has 2 amide bonds. The lowest BCUT2D eigenvalue weighted by Gasteiger charge is -2.13. The molecule has 6 nitrogen and oxygen atoms in total. The number of nitrogens with one attached hydrogen (secondary N) is 2. The number of rotatable bonds is 6. The third-order valence-electron chi connectivity index (χ3n) is 3.66. The van der Waals surface area contributed by atoms with Gasteiger partial charge in [0.1, 0.15) is 17.3 Å². The van der Waals surface area contributed by atoms with Crippen LogP contribution in [0.4, 0.5) is 0 Å². The van der Waals surface area contributed by atoms with Crippen molar-refractivity contribution >= 4 is 11.8 Å². The number of furan rings is 1. The van der Waals surface area contributed by atoms with Gasteiger partial charge in [-0.2, -0.15) is 0 Å². The normalized spacial score (nSPS) is 11.7. The zero-order valence-corrected chi connectivity index (χ0v) is 14.3. The Balaban J connectivity index is 1.88. The van der Waals surface area contributed by atoms with Crippen molar-refractivity contribution < 1.29 is 18.7 Å². The first-order valence-electron chi connectivity index (χ1n) is 7.69. The molecule has 0 saturated carbocycles. The molecule has 128 valence electrons. The first kappa shape index (κ1) is 17.6. The fraction of sp³-hybridized carbons (Fsp3) is 0.333. The summed E-state index contributed by atoms with van der Waals surface area (Å²) in [6.07, 6.45) is 0. The molecule has 2 N–H and O–H groups in total. The number of carbonyl (C=O) groups is 2. The minimum Gasteiger partial charge on any atom is -0.497 e. The molecule has 1 heterocycles. The second-order valence-corrected chi connectivity index (χ2v) is 5.57. The fourth-order valence-electron chi connectivity index (χ4n) is 2.48. The molecule has 0 radical (unpaired) electrons. The van der Waals surface area contributed by atoms with E-state index in [0.29, 0.717) is 11.3 Å². The molecule has 0 aliphatic rings. The topological polar surface area (TPSA) is 80.6 Å². The summed E-state index contributed by atoms with van der Waals surface area (Å²) in [6, 6.07) is 8.46. The zero-order valence-electron chi connectivity index (χ0n) is 14.3. The number of carbonyl (C=O) groups excluding carboxylic acids is 2. The number of hydrogen-bond donors (Lipinski definition) is 2. The van der Waals surface area contributed by atoms with Gasteiger partial charge in [-0.15, -0.1) is 0 Å². The second kappa shape index (κ2) is 7.68. The van der Waals surface area contributed by atoms with Gasteiger partial charge < -0.3 is 19.8 Å². The summed E-state index contributed by atoms with van der Waals surface area (Å²) in [7, 11) is 1.53. The van der Waals surface area contributed by atoms with E-state index in [9.17, 15) is 9.59 Å². The van der Waals surface area contributed by atoms with Gasteiger partial charge in [0.25, 0.3) is 5.91 Å². The van der Waals surface area contributed by atoms with E-state index in [0.717, 1.165) is 17.1 Å². The summed E-state index contributed by atoms with van der Waals surface area (Å²) in [6.45, 7) is 5.49. The quantitative estimate of drug-likeness (QED) is 0.853. The lowest BCUT2D eigenvalue weighted by molar-refractivity contribution is -0.120. The van der Waals surface area contributed by atoms with Gasteiger partial charge in [0.15, 0.2) is 0 Å². The molecule has 24 heavy (non-hydrogen) atoms. The number of benzene rings is 1. The van der Waals surface area contributed by atoms with Crippen LogP contribution >= 0.6 is 0 Å². The van der Waals surface area contributed by atoms with E-state index >= 15 is 0 Å². The van der Waals surface area contributed by atoms with Gasteiger partial charge in [-0.25, -0.2) is 0 Å². The highest BCUT2D eigenvalue weighted by atomic mass is 16.5. The molecule has 1 aromatic carbocycles. The summed E-state index contributed by atoms with van der Waals surface area (Å²) < 4.78 is 10.5. The molecule has 1 aromatic heterocycles. The smallest absolute Gasteiger partial charge is 0.251 e. The van der Waals surface area contributed by atoms with Crippen molar-refractivity contribution in [2.75, 3.05) is 13.7 Å². The molecule has 6 heteroatoms. The molecule has 1 atom stereocenters. The van der Waals surface area contributed by atoms with Crippen molar-refractivity contribution in [3.05, 3.63) is 53.0 Å². The van der Waals surface area contributed by atoms with E-state index in [1.54, 1.807) is 24.3 Å². The molecule has 0 saturated heterocycles. The first-order chi connectivity index (χ1) is 11.4. The molecule has 0 fully saturated rings. The third-order valence-corrected chi connectivity index (χ3v) is 3.66. The molecular formula is C18H22N2O4. The number of aryl methyl sites for hydroxylation is 2. The largest absolute Gasteiger partial charge is 0.497 e. The molecule has 1 unspecified atom stereocenters. The van der Waals surface area contributed by atoms with Gasteiger partial charge in [-0.1, -0.05) is 6.07 Å². The van der Waals surface area contributed by atoms with E-state index in [1.165, 1.54) is 7.11 Å². The molecule has 0 spiro atoms. The van der Waals surface area contributed by atoms with E-state index in [4.69, 9.17) is 9.15 Å². The zero-order chi connectivity index (χ0) is 17.7. The van der Waals surface area contributed by atoms with Crippen LogP contribution in [0, 0.1) is 13.8 Å². The molecule has 2 aromatic rings. The number of amides is 2. The average Bonchev–Trinajstić information content (AvgIpc) is 2.91. The highest BCUT2D eigenvalue weighted by Crippen LogP contribution is 2.20. The molecular weight excluding hydrogens is 308 g/mol. The number of methoxy groups -OCH3 is 1. The Morgan fingerprint density at radius 3 is 2.62 bits per heavy atom. The van der Waals surface area contributed by atoms with Crippen LogP contribution in [0.5, 0.6) is 5.75 Å². The van der Waals surface area contributed by atoms with Crippen molar-refractivity contribution in [3.63, 3.8) is 0 Å². The molecule has 2 rings (SSSR count). The molecule has 0 bridgehead atoms. The molecule has 0 aliphatic heterocycles. The van der Waals surface area contributed by atoms with Gasteiger partial charge in [-0.05, 0) is 45.0 Å². The van der Waals surface area contributed by atoms with Crippen LogP contribution in [0.2, 0.25) is 0 Å². The summed E-state index contributed by atoms with van der Waals surface area (Å²) in [5.74, 6) is 1.58. The van der Waals surface area contributed by atoms with Crippen molar-refractivity contribution in [1.29, 1.82) is 0 Å². The van der Waals surface area contributed by atoms with Crippen molar-refractivity contribution in [2.45, 2.75) is 26.8 Å². The van der Waals surface area contributed by atoms with Crippen LogP contribution in [0.1, 0.15) is 40.4 Å². The van der Waals surface area contributed by atoms with Crippen molar-refractivity contribution in [1.82, 2.24) is 10.6 Å². The van der Waals surface area contributed by atoms with Gasteiger partial charge in [-0.3, -0.25) is 9.59 Å². The van der Waals surface area contributed by atoms with E-state index in [1.807, 2.05) is 26.8 Å². The minimum atomic E-state index is -0.327. The SMILES string of the molecule is COc1cccc(C(=O)NCC(=O)NC(C)c2cc(C)oc2C)c1.